The highest BCUT2D eigenvalue weighted by molar-refractivity contribution is 9.10. The predicted octanol–water partition coefficient (Wildman–Crippen LogP) is 3.00. The van der Waals surface area contributed by atoms with Gasteiger partial charge in [0, 0.05) is 36.6 Å². The Labute approximate surface area is 134 Å². The summed E-state index contributed by atoms with van der Waals surface area (Å²) >= 11 is 3.56. The summed E-state index contributed by atoms with van der Waals surface area (Å²) in [4.78, 5) is 24.7. The number of carbonyl (C=O) groups is 2. The molecule has 0 saturated carbocycles. The molecule has 1 fully saturated rings. The van der Waals surface area contributed by atoms with Gasteiger partial charge in [0.05, 0.1) is 5.69 Å². The Kier molecular flexibility index (Phi) is 5.39. The number of piperidine rings is 1. The van der Waals surface area contributed by atoms with Crippen molar-refractivity contribution in [2.24, 2.45) is 5.92 Å². The molecule has 1 amide bonds. The number of hydrogen-bond acceptors (Lipinski definition) is 3. The third-order valence-corrected chi connectivity index (χ3v) is 4.58. The van der Waals surface area contributed by atoms with Crippen LogP contribution in [0, 0.1) is 5.92 Å². The average Bonchev–Trinajstić information content (AvgIpc) is 2.45. The molecule has 1 heterocycles. The highest BCUT2D eigenvalue weighted by Crippen LogP contribution is 2.30. The van der Waals surface area contributed by atoms with Gasteiger partial charge in [-0.05, 0) is 59.8 Å². The van der Waals surface area contributed by atoms with Crippen molar-refractivity contribution < 1.29 is 9.59 Å². The molecule has 0 aromatic heterocycles. The second kappa shape index (κ2) is 7.07. The molecule has 0 aliphatic carbocycles. The molecular formula is C16H21BrN2O2. The molecule has 1 saturated heterocycles. The predicted molar refractivity (Wildman–Crippen MR) is 87.8 cm³/mol. The molecule has 1 aliphatic heterocycles. The lowest BCUT2D eigenvalue weighted by molar-refractivity contribution is -0.119. The molecule has 21 heavy (non-hydrogen) atoms. The first-order chi connectivity index (χ1) is 9.97. The van der Waals surface area contributed by atoms with Crippen molar-refractivity contribution in [2.75, 3.05) is 24.5 Å². The van der Waals surface area contributed by atoms with Crippen LogP contribution in [0.2, 0.25) is 0 Å². The first-order valence-electron chi connectivity index (χ1n) is 7.27. The molecular weight excluding hydrogens is 332 g/mol. The Morgan fingerprint density at radius 3 is 2.48 bits per heavy atom. The van der Waals surface area contributed by atoms with E-state index in [1.165, 1.54) is 0 Å². The van der Waals surface area contributed by atoms with Crippen molar-refractivity contribution in [1.82, 2.24) is 5.32 Å². The van der Waals surface area contributed by atoms with Gasteiger partial charge in [0.1, 0.15) is 0 Å². The maximum absolute atomic E-state index is 11.4. The fraction of sp³-hybridized carbons (Fsp3) is 0.500. The van der Waals surface area contributed by atoms with Crippen LogP contribution in [0.25, 0.3) is 0 Å². The van der Waals surface area contributed by atoms with Crippen molar-refractivity contribution >= 4 is 33.3 Å². The first kappa shape index (κ1) is 16.0. The van der Waals surface area contributed by atoms with E-state index < -0.39 is 0 Å². The zero-order valence-corrected chi connectivity index (χ0v) is 14.1. The number of halogens is 1. The Balaban J connectivity index is 1.96. The Morgan fingerprint density at radius 1 is 1.29 bits per heavy atom. The fourth-order valence-corrected chi connectivity index (χ4v) is 3.28. The van der Waals surface area contributed by atoms with Gasteiger partial charge in [0.25, 0.3) is 0 Å². The Morgan fingerprint density at radius 2 is 1.95 bits per heavy atom. The zero-order valence-electron chi connectivity index (χ0n) is 12.5. The van der Waals surface area contributed by atoms with Gasteiger partial charge in [-0.25, -0.2) is 0 Å². The molecule has 2 rings (SSSR count). The molecule has 0 unspecified atom stereocenters. The molecule has 114 valence electrons. The molecule has 5 heteroatoms. The van der Waals surface area contributed by atoms with Gasteiger partial charge in [-0.15, -0.1) is 0 Å². The number of rotatable bonds is 4. The summed E-state index contributed by atoms with van der Waals surface area (Å²) in [5, 5.41) is 2.90. The Bertz CT molecular complexity index is 537. The van der Waals surface area contributed by atoms with Crippen LogP contribution in [-0.2, 0) is 4.79 Å². The van der Waals surface area contributed by atoms with Crippen molar-refractivity contribution in [3.8, 4) is 0 Å². The lowest BCUT2D eigenvalue weighted by Crippen LogP contribution is -2.38. The number of carbonyl (C=O) groups excluding carboxylic acids is 2. The van der Waals surface area contributed by atoms with Gasteiger partial charge in [0.15, 0.2) is 5.78 Å². The number of nitrogens with zero attached hydrogens (tertiary/aromatic N) is 1. The second-order valence-corrected chi connectivity index (χ2v) is 6.44. The van der Waals surface area contributed by atoms with Crippen LogP contribution in [0.5, 0.6) is 0 Å². The van der Waals surface area contributed by atoms with Crippen LogP contribution in [-0.4, -0.2) is 31.3 Å². The molecule has 1 N–H and O–H groups in total. The molecule has 0 bridgehead atoms. The third-order valence-electron chi connectivity index (χ3n) is 3.95. The van der Waals surface area contributed by atoms with Crippen molar-refractivity contribution in [3.63, 3.8) is 0 Å². The SMILES string of the molecule is CC(=O)NCC1CCN(c2ccc(C(C)=O)cc2Br)CC1. The second-order valence-electron chi connectivity index (χ2n) is 5.59. The minimum Gasteiger partial charge on any atom is -0.371 e. The van der Waals surface area contributed by atoms with Gasteiger partial charge in [-0.3, -0.25) is 9.59 Å². The van der Waals surface area contributed by atoms with E-state index in [0.717, 1.165) is 48.2 Å². The van der Waals surface area contributed by atoms with Crippen LogP contribution in [0.1, 0.15) is 37.0 Å². The maximum Gasteiger partial charge on any atom is 0.216 e. The van der Waals surface area contributed by atoms with Crippen molar-refractivity contribution in [2.45, 2.75) is 26.7 Å². The normalized spacial score (nSPS) is 15.9. The van der Waals surface area contributed by atoms with Gasteiger partial charge in [-0.1, -0.05) is 0 Å². The summed E-state index contributed by atoms with van der Waals surface area (Å²) in [6, 6.07) is 5.78. The molecule has 4 nitrogen and oxygen atoms in total. The summed E-state index contributed by atoms with van der Waals surface area (Å²) in [5.74, 6) is 0.677. The molecule has 1 aliphatic rings. The van der Waals surface area contributed by atoms with Crippen molar-refractivity contribution in [1.29, 1.82) is 0 Å². The lowest BCUT2D eigenvalue weighted by atomic mass is 9.96. The van der Waals surface area contributed by atoms with E-state index in [2.05, 4.69) is 26.1 Å². The largest absolute Gasteiger partial charge is 0.371 e. The number of ketones is 1. The molecule has 0 spiro atoms. The quantitative estimate of drug-likeness (QED) is 0.847. The summed E-state index contributed by atoms with van der Waals surface area (Å²) < 4.78 is 0.968. The summed E-state index contributed by atoms with van der Waals surface area (Å²) in [7, 11) is 0. The van der Waals surface area contributed by atoms with Crippen LogP contribution in [0.4, 0.5) is 5.69 Å². The monoisotopic (exact) mass is 352 g/mol. The van der Waals surface area contributed by atoms with E-state index >= 15 is 0 Å². The average molecular weight is 353 g/mol. The molecule has 1 aromatic carbocycles. The Hall–Kier alpha value is -1.36. The van der Waals surface area contributed by atoms with Crippen LogP contribution in [0.3, 0.4) is 0 Å². The maximum atomic E-state index is 11.4. The minimum atomic E-state index is 0.0417. The number of anilines is 1. The van der Waals surface area contributed by atoms with E-state index in [1.54, 1.807) is 13.8 Å². The number of nitrogens with one attached hydrogen (secondary N) is 1. The highest BCUT2D eigenvalue weighted by Gasteiger charge is 2.21. The number of hydrogen-bond donors (Lipinski definition) is 1. The van der Waals surface area contributed by atoms with Gasteiger partial charge in [-0.2, -0.15) is 0 Å². The molecule has 0 atom stereocenters. The van der Waals surface area contributed by atoms with E-state index in [1.807, 2.05) is 18.2 Å². The van der Waals surface area contributed by atoms with E-state index in [4.69, 9.17) is 0 Å². The van der Waals surface area contributed by atoms with Gasteiger partial charge < -0.3 is 10.2 Å². The van der Waals surface area contributed by atoms with E-state index in [9.17, 15) is 9.59 Å². The summed E-state index contributed by atoms with van der Waals surface area (Å²) in [6.07, 6.45) is 2.14. The topological polar surface area (TPSA) is 49.4 Å². The third kappa shape index (κ3) is 4.30. The summed E-state index contributed by atoms with van der Waals surface area (Å²) in [6.45, 7) is 5.86. The van der Waals surface area contributed by atoms with Crippen LogP contribution < -0.4 is 10.2 Å². The molecule has 0 radical (unpaired) electrons. The van der Waals surface area contributed by atoms with Gasteiger partial charge >= 0.3 is 0 Å². The number of Topliss-reactive ketones (excluding diaryl/α,β-unsaturated/α-hetero) is 1. The standard InChI is InChI=1S/C16H21BrN2O2/c1-11(20)14-3-4-16(15(17)9-14)19-7-5-13(6-8-19)10-18-12(2)21/h3-4,9,13H,5-8,10H2,1-2H3,(H,18,21). The van der Waals surface area contributed by atoms with Crippen molar-refractivity contribution in [3.05, 3.63) is 28.2 Å². The van der Waals surface area contributed by atoms with E-state index in [0.29, 0.717) is 5.92 Å². The first-order valence-corrected chi connectivity index (χ1v) is 8.06. The fourth-order valence-electron chi connectivity index (χ4n) is 2.65. The van der Waals surface area contributed by atoms with Crippen LogP contribution >= 0.6 is 15.9 Å². The highest BCUT2D eigenvalue weighted by atomic mass is 79.9. The number of amides is 1. The smallest absolute Gasteiger partial charge is 0.216 e. The van der Waals surface area contributed by atoms with E-state index in [-0.39, 0.29) is 11.7 Å². The minimum absolute atomic E-state index is 0.0417. The zero-order chi connectivity index (χ0) is 15.4. The van der Waals surface area contributed by atoms with Crippen LogP contribution in [0.15, 0.2) is 22.7 Å². The molecule has 1 aromatic rings. The van der Waals surface area contributed by atoms with Gasteiger partial charge in [0.2, 0.25) is 5.91 Å². The summed E-state index contributed by atoms with van der Waals surface area (Å²) in [5.41, 5.74) is 1.86. The lowest BCUT2D eigenvalue weighted by Gasteiger charge is -2.34. The number of benzene rings is 1.